The van der Waals surface area contributed by atoms with Crippen LogP contribution in [0.3, 0.4) is 0 Å². The molecular formula is C30H22F9NO4S2. The zero-order valence-corrected chi connectivity index (χ0v) is 25.2. The Hall–Kier alpha value is -3.92. The molecule has 0 radical (unpaired) electrons. The standard InChI is InChI=1S/C30H22F9NO4S2/c1-15-9-22(7-8-24(15)44-14-25(41)42)45-16(2)26-23(40-27(46-26)17-3-5-18(6-4-17)28(31,32)33)13-43-21-11-19(29(34,35)36)10-20(12-21)30(37,38)39/h3-12,16H,13-14H2,1-2H3,(H,41,42). The first kappa shape index (κ1) is 34.9. The molecule has 0 spiro atoms. The second-order valence-electron chi connectivity index (χ2n) is 9.81. The van der Waals surface area contributed by atoms with Crippen LogP contribution in [0.15, 0.2) is 65.6 Å². The molecular weight excluding hydrogens is 673 g/mol. The van der Waals surface area contributed by atoms with Gasteiger partial charge in [-0.2, -0.15) is 39.5 Å². The van der Waals surface area contributed by atoms with E-state index in [1.165, 1.54) is 23.9 Å². The highest BCUT2D eigenvalue weighted by Crippen LogP contribution is 2.44. The molecule has 1 unspecified atom stereocenters. The molecule has 0 aliphatic carbocycles. The number of halogens is 9. The number of alkyl halides is 9. The van der Waals surface area contributed by atoms with Crippen LogP contribution >= 0.6 is 23.1 Å². The van der Waals surface area contributed by atoms with Gasteiger partial charge < -0.3 is 14.6 Å². The van der Waals surface area contributed by atoms with Crippen molar-refractivity contribution >= 4 is 29.1 Å². The normalized spacial score (nSPS) is 13.0. The highest BCUT2D eigenvalue weighted by atomic mass is 32.2. The smallest absolute Gasteiger partial charge is 0.416 e. The minimum atomic E-state index is -5.08. The van der Waals surface area contributed by atoms with E-state index in [0.717, 1.165) is 23.5 Å². The lowest BCUT2D eigenvalue weighted by molar-refractivity contribution is -0.143. The Labute approximate surface area is 264 Å². The lowest BCUT2D eigenvalue weighted by Gasteiger charge is -2.16. The van der Waals surface area contributed by atoms with Crippen LogP contribution in [0.1, 0.15) is 45.0 Å². The van der Waals surface area contributed by atoms with E-state index in [2.05, 4.69) is 4.98 Å². The van der Waals surface area contributed by atoms with Crippen LogP contribution < -0.4 is 9.47 Å². The number of rotatable bonds is 10. The fourth-order valence-electron chi connectivity index (χ4n) is 4.13. The van der Waals surface area contributed by atoms with Crippen molar-refractivity contribution in [3.63, 3.8) is 0 Å². The van der Waals surface area contributed by atoms with Gasteiger partial charge in [0.05, 0.1) is 22.4 Å². The lowest BCUT2D eigenvalue weighted by atomic mass is 10.1. The number of carbonyl (C=O) groups is 1. The minimum Gasteiger partial charge on any atom is -0.487 e. The van der Waals surface area contributed by atoms with Gasteiger partial charge in [0.2, 0.25) is 0 Å². The van der Waals surface area contributed by atoms with E-state index < -0.39 is 65.4 Å². The van der Waals surface area contributed by atoms with Crippen molar-refractivity contribution in [1.82, 2.24) is 4.98 Å². The van der Waals surface area contributed by atoms with Crippen molar-refractivity contribution in [3.8, 4) is 22.1 Å². The molecule has 1 aromatic heterocycles. The fourth-order valence-corrected chi connectivity index (χ4v) is 6.46. The van der Waals surface area contributed by atoms with Crippen molar-refractivity contribution in [2.24, 2.45) is 0 Å². The third-order valence-corrected chi connectivity index (χ3v) is 8.90. The van der Waals surface area contributed by atoms with Crippen LogP contribution in [0.2, 0.25) is 0 Å². The van der Waals surface area contributed by atoms with Gasteiger partial charge >= 0.3 is 24.5 Å². The highest BCUT2D eigenvalue weighted by Gasteiger charge is 2.37. The summed E-state index contributed by atoms with van der Waals surface area (Å²) < 4.78 is 130. The number of thioether (sulfide) groups is 1. The fraction of sp³-hybridized carbons (Fsp3) is 0.267. The summed E-state index contributed by atoms with van der Waals surface area (Å²) in [5.74, 6) is -1.52. The Morgan fingerprint density at radius 1 is 0.848 bits per heavy atom. The number of carboxylic acid groups (broad SMARTS) is 1. The van der Waals surface area contributed by atoms with Crippen molar-refractivity contribution in [2.45, 2.75) is 49.1 Å². The summed E-state index contributed by atoms with van der Waals surface area (Å²) in [6, 6.07) is 9.96. The molecule has 1 N–H and O–H groups in total. The number of aryl methyl sites for hydroxylation is 1. The molecule has 5 nitrogen and oxygen atoms in total. The van der Waals surface area contributed by atoms with E-state index in [0.29, 0.717) is 38.8 Å². The Morgan fingerprint density at radius 2 is 1.43 bits per heavy atom. The summed E-state index contributed by atoms with van der Waals surface area (Å²) in [5.41, 5.74) is -2.92. The largest absolute Gasteiger partial charge is 0.487 e. The van der Waals surface area contributed by atoms with Crippen molar-refractivity contribution in [3.05, 3.63) is 93.5 Å². The number of aromatic nitrogens is 1. The zero-order valence-electron chi connectivity index (χ0n) is 23.6. The van der Waals surface area contributed by atoms with Gasteiger partial charge in [-0.3, -0.25) is 0 Å². The van der Waals surface area contributed by atoms with Gasteiger partial charge in [-0.15, -0.1) is 23.1 Å². The van der Waals surface area contributed by atoms with E-state index in [1.807, 2.05) is 0 Å². The molecule has 246 valence electrons. The summed E-state index contributed by atoms with van der Waals surface area (Å²) in [6.07, 6.45) is -14.7. The van der Waals surface area contributed by atoms with Gasteiger partial charge in [0.25, 0.3) is 0 Å². The Balaban J connectivity index is 1.67. The van der Waals surface area contributed by atoms with Crippen LogP contribution in [0.5, 0.6) is 11.5 Å². The second-order valence-corrected chi connectivity index (χ2v) is 12.2. The molecule has 0 fully saturated rings. The molecule has 4 rings (SSSR count). The first-order chi connectivity index (χ1) is 21.3. The van der Waals surface area contributed by atoms with Gasteiger partial charge in [-0.05, 0) is 67.9 Å². The van der Waals surface area contributed by atoms with E-state index in [9.17, 15) is 44.3 Å². The third-order valence-electron chi connectivity index (χ3n) is 6.30. The maximum Gasteiger partial charge on any atom is 0.416 e. The number of nitrogens with zero attached hydrogens (tertiary/aromatic N) is 1. The van der Waals surface area contributed by atoms with Gasteiger partial charge in [0, 0.05) is 20.6 Å². The van der Waals surface area contributed by atoms with E-state index in [4.69, 9.17) is 14.6 Å². The zero-order chi connectivity index (χ0) is 34.0. The van der Waals surface area contributed by atoms with Crippen LogP contribution in [0, 0.1) is 6.92 Å². The number of carboxylic acids is 1. The molecule has 0 aliphatic rings. The van der Waals surface area contributed by atoms with Crippen molar-refractivity contribution < 1.29 is 58.9 Å². The second kappa shape index (κ2) is 13.4. The van der Waals surface area contributed by atoms with Crippen molar-refractivity contribution in [2.75, 3.05) is 6.61 Å². The molecule has 46 heavy (non-hydrogen) atoms. The number of benzene rings is 3. The third kappa shape index (κ3) is 8.87. The summed E-state index contributed by atoms with van der Waals surface area (Å²) in [7, 11) is 0. The first-order valence-electron chi connectivity index (χ1n) is 13.0. The number of hydrogen-bond acceptors (Lipinski definition) is 6. The maximum atomic E-state index is 13.4. The SMILES string of the molecule is Cc1cc(SC(C)c2sc(-c3ccc(C(F)(F)F)cc3)nc2COc2cc(C(F)(F)F)cc(C(F)(F)F)c2)ccc1OCC(=O)O. The molecule has 16 heteroatoms. The van der Waals surface area contributed by atoms with E-state index >= 15 is 0 Å². The number of aliphatic carboxylic acids is 1. The maximum absolute atomic E-state index is 13.4. The molecule has 0 aliphatic heterocycles. The first-order valence-corrected chi connectivity index (χ1v) is 14.7. The summed E-state index contributed by atoms with van der Waals surface area (Å²) in [6.45, 7) is 2.37. The molecule has 4 aromatic rings. The molecule has 1 atom stereocenters. The summed E-state index contributed by atoms with van der Waals surface area (Å²) in [4.78, 5) is 16.5. The molecule has 0 bridgehead atoms. The van der Waals surface area contributed by atoms with Crippen LogP contribution in [0.25, 0.3) is 10.6 Å². The van der Waals surface area contributed by atoms with Crippen LogP contribution in [-0.4, -0.2) is 22.7 Å². The number of hydrogen-bond donors (Lipinski definition) is 1. The highest BCUT2D eigenvalue weighted by molar-refractivity contribution is 7.99. The molecule has 0 amide bonds. The molecule has 0 saturated carbocycles. The molecule has 1 heterocycles. The monoisotopic (exact) mass is 695 g/mol. The Kier molecular flexibility index (Phi) is 10.2. The summed E-state index contributed by atoms with van der Waals surface area (Å²) in [5, 5.41) is 8.67. The predicted molar refractivity (Wildman–Crippen MR) is 152 cm³/mol. The van der Waals surface area contributed by atoms with Crippen LogP contribution in [0.4, 0.5) is 39.5 Å². The molecule has 3 aromatic carbocycles. The number of thiazole rings is 1. The van der Waals surface area contributed by atoms with Crippen LogP contribution in [-0.2, 0) is 29.9 Å². The average Bonchev–Trinajstić information content (AvgIpc) is 3.39. The van der Waals surface area contributed by atoms with Gasteiger partial charge in [-0.1, -0.05) is 12.1 Å². The summed E-state index contributed by atoms with van der Waals surface area (Å²) >= 11 is 2.38. The van der Waals surface area contributed by atoms with E-state index in [-0.39, 0.29) is 16.8 Å². The topological polar surface area (TPSA) is 68.7 Å². The van der Waals surface area contributed by atoms with Crippen molar-refractivity contribution in [1.29, 1.82) is 0 Å². The Bertz CT molecular complexity index is 1670. The lowest BCUT2D eigenvalue weighted by Crippen LogP contribution is -2.11. The average molecular weight is 696 g/mol. The van der Waals surface area contributed by atoms with Gasteiger partial charge in [-0.25, -0.2) is 9.78 Å². The van der Waals surface area contributed by atoms with Gasteiger partial charge in [0.1, 0.15) is 23.1 Å². The van der Waals surface area contributed by atoms with E-state index in [1.54, 1.807) is 32.0 Å². The van der Waals surface area contributed by atoms with Gasteiger partial charge in [0.15, 0.2) is 6.61 Å². The predicted octanol–water partition coefficient (Wildman–Crippen LogP) is 10.1. The minimum absolute atomic E-state index is 0.0253. The molecule has 0 saturated heterocycles. The Morgan fingerprint density at radius 3 is 1.96 bits per heavy atom. The quantitative estimate of drug-likeness (QED) is 0.132. The number of ether oxygens (including phenoxy) is 2.